The van der Waals surface area contributed by atoms with Crippen LogP contribution < -0.4 is 11.1 Å². The van der Waals surface area contributed by atoms with Gasteiger partial charge in [0, 0.05) is 31.9 Å². The van der Waals surface area contributed by atoms with Crippen molar-refractivity contribution in [2.45, 2.75) is 31.3 Å². The third kappa shape index (κ3) is 3.57. The monoisotopic (exact) mass is 334 g/mol. The molecule has 0 radical (unpaired) electrons. The smallest absolute Gasteiger partial charge is 0.242 e. The predicted molar refractivity (Wildman–Crippen MR) is 88.8 cm³/mol. The first-order valence-corrected chi connectivity index (χ1v) is 8.28. The molecule has 1 atom stereocenters. The van der Waals surface area contributed by atoms with Gasteiger partial charge in [-0.2, -0.15) is 0 Å². The number of nitrogens with zero attached hydrogens (tertiary/aromatic N) is 2. The van der Waals surface area contributed by atoms with Crippen LogP contribution in [0.15, 0.2) is 24.3 Å². The molecule has 0 spiro atoms. The number of rotatable bonds is 4. The number of nitrogens with two attached hydrogens (primary N) is 1. The second kappa shape index (κ2) is 6.49. The molecule has 24 heavy (non-hydrogen) atoms. The summed E-state index contributed by atoms with van der Waals surface area (Å²) in [6, 6.07) is 5.48. The zero-order valence-electron chi connectivity index (χ0n) is 13.8. The van der Waals surface area contributed by atoms with Crippen molar-refractivity contribution in [2.24, 2.45) is 5.73 Å². The van der Waals surface area contributed by atoms with E-state index in [1.54, 1.807) is 17.0 Å². The Bertz CT molecular complexity index is 639. The van der Waals surface area contributed by atoms with Gasteiger partial charge in [-0.25, -0.2) is 4.39 Å². The lowest BCUT2D eigenvalue weighted by atomic mass is 10.1. The Labute approximate surface area is 140 Å². The number of amides is 2. The standard InChI is InChI=1S/C17H23FN4O2/c1-12(15(23)20-14-4-2-3-13(18)11-14)21-7-9-22(10-8-21)16(24)17(19)5-6-17/h2-4,11-12H,5-10,19H2,1H3,(H,20,23). The van der Waals surface area contributed by atoms with Gasteiger partial charge in [-0.1, -0.05) is 6.07 Å². The lowest BCUT2D eigenvalue weighted by molar-refractivity contribution is -0.136. The van der Waals surface area contributed by atoms with Crippen LogP contribution in [0.5, 0.6) is 0 Å². The van der Waals surface area contributed by atoms with E-state index >= 15 is 0 Å². The molecule has 130 valence electrons. The summed E-state index contributed by atoms with van der Waals surface area (Å²) in [5.41, 5.74) is 5.77. The number of carbonyl (C=O) groups is 2. The summed E-state index contributed by atoms with van der Waals surface area (Å²) in [5, 5.41) is 2.73. The molecule has 0 bridgehead atoms. The Morgan fingerprint density at radius 2 is 1.92 bits per heavy atom. The minimum atomic E-state index is -0.636. The van der Waals surface area contributed by atoms with E-state index < -0.39 is 5.54 Å². The normalized spacial score (nSPS) is 21.2. The Hall–Kier alpha value is -1.99. The Morgan fingerprint density at radius 3 is 2.50 bits per heavy atom. The van der Waals surface area contributed by atoms with Crippen molar-refractivity contribution in [3.8, 4) is 0 Å². The molecule has 1 aliphatic carbocycles. The fraction of sp³-hybridized carbons (Fsp3) is 0.529. The average Bonchev–Trinajstić information content (AvgIpc) is 3.32. The molecule has 3 rings (SSSR count). The molecule has 1 heterocycles. The number of carbonyl (C=O) groups excluding carboxylic acids is 2. The number of anilines is 1. The quantitative estimate of drug-likeness (QED) is 0.853. The van der Waals surface area contributed by atoms with Gasteiger partial charge in [0.15, 0.2) is 0 Å². The number of hydrogen-bond acceptors (Lipinski definition) is 4. The highest BCUT2D eigenvalue weighted by atomic mass is 19.1. The maximum Gasteiger partial charge on any atom is 0.242 e. The molecule has 2 fully saturated rings. The summed E-state index contributed by atoms with van der Waals surface area (Å²) >= 11 is 0. The lowest BCUT2D eigenvalue weighted by Gasteiger charge is -2.38. The predicted octanol–water partition coefficient (Wildman–Crippen LogP) is 0.788. The Morgan fingerprint density at radius 1 is 1.25 bits per heavy atom. The molecule has 6 nitrogen and oxygen atoms in total. The van der Waals surface area contributed by atoms with Gasteiger partial charge in [-0.05, 0) is 38.0 Å². The molecule has 1 aromatic rings. The molecule has 1 aliphatic heterocycles. The van der Waals surface area contributed by atoms with Gasteiger partial charge in [0.25, 0.3) is 0 Å². The van der Waals surface area contributed by atoms with Gasteiger partial charge in [-0.15, -0.1) is 0 Å². The molecule has 1 saturated heterocycles. The molecule has 3 N–H and O–H groups in total. The highest BCUT2D eigenvalue weighted by molar-refractivity contribution is 5.94. The summed E-state index contributed by atoms with van der Waals surface area (Å²) in [6.07, 6.45) is 1.52. The van der Waals surface area contributed by atoms with Crippen molar-refractivity contribution in [1.29, 1.82) is 0 Å². The van der Waals surface area contributed by atoms with Crippen LogP contribution in [0.25, 0.3) is 0 Å². The van der Waals surface area contributed by atoms with Crippen molar-refractivity contribution < 1.29 is 14.0 Å². The fourth-order valence-electron chi connectivity index (χ4n) is 2.95. The van der Waals surface area contributed by atoms with E-state index in [1.807, 2.05) is 11.8 Å². The topological polar surface area (TPSA) is 78.7 Å². The SMILES string of the molecule is CC(C(=O)Nc1cccc(F)c1)N1CCN(C(=O)C2(N)CC2)CC1. The van der Waals surface area contributed by atoms with Gasteiger partial charge in [0.05, 0.1) is 11.6 Å². The Kier molecular flexibility index (Phi) is 4.56. The van der Waals surface area contributed by atoms with Gasteiger partial charge in [0.2, 0.25) is 11.8 Å². The number of piperazine rings is 1. The zero-order valence-corrected chi connectivity index (χ0v) is 13.8. The van der Waals surface area contributed by atoms with Crippen LogP contribution in [0.4, 0.5) is 10.1 Å². The summed E-state index contributed by atoms with van der Waals surface area (Å²) < 4.78 is 13.2. The Balaban J connectivity index is 1.52. The fourth-order valence-corrected chi connectivity index (χ4v) is 2.95. The lowest BCUT2D eigenvalue weighted by Crippen LogP contribution is -2.57. The summed E-state index contributed by atoms with van der Waals surface area (Å²) in [5.74, 6) is -0.541. The molecular formula is C17H23FN4O2. The number of hydrogen-bond donors (Lipinski definition) is 2. The van der Waals surface area contributed by atoms with Crippen molar-refractivity contribution >= 4 is 17.5 Å². The molecular weight excluding hydrogens is 311 g/mol. The van der Waals surface area contributed by atoms with Gasteiger partial charge >= 0.3 is 0 Å². The zero-order chi connectivity index (χ0) is 17.3. The van der Waals surface area contributed by atoms with Crippen LogP contribution in [0.2, 0.25) is 0 Å². The third-order valence-electron chi connectivity index (χ3n) is 4.84. The van der Waals surface area contributed by atoms with Crippen LogP contribution in [-0.2, 0) is 9.59 Å². The van der Waals surface area contributed by atoms with Gasteiger partial charge in [0.1, 0.15) is 5.82 Å². The minimum absolute atomic E-state index is 0.0269. The van der Waals surface area contributed by atoms with Crippen molar-refractivity contribution in [2.75, 3.05) is 31.5 Å². The first-order chi connectivity index (χ1) is 11.4. The van der Waals surface area contributed by atoms with E-state index in [9.17, 15) is 14.0 Å². The number of halogens is 1. The molecule has 1 saturated carbocycles. The van der Waals surface area contributed by atoms with E-state index in [0.717, 1.165) is 12.8 Å². The molecule has 2 aliphatic rings. The molecule has 7 heteroatoms. The summed E-state index contributed by atoms with van der Waals surface area (Å²) in [4.78, 5) is 28.4. The summed E-state index contributed by atoms with van der Waals surface area (Å²) in [6.45, 7) is 4.22. The van der Waals surface area contributed by atoms with Crippen molar-refractivity contribution in [3.63, 3.8) is 0 Å². The highest BCUT2D eigenvalue weighted by Crippen LogP contribution is 2.34. The van der Waals surface area contributed by atoms with Crippen LogP contribution in [0.3, 0.4) is 0 Å². The van der Waals surface area contributed by atoms with E-state index in [4.69, 9.17) is 5.73 Å². The minimum Gasteiger partial charge on any atom is -0.339 e. The van der Waals surface area contributed by atoms with Gasteiger partial charge < -0.3 is 16.0 Å². The molecule has 1 unspecified atom stereocenters. The second-order valence-corrected chi connectivity index (χ2v) is 6.66. The first kappa shape index (κ1) is 16.9. The third-order valence-corrected chi connectivity index (χ3v) is 4.84. The van der Waals surface area contributed by atoms with Crippen LogP contribution in [0.1, 0.15) is 19.8 Å². The number of benzene rings is 1. The van der Waals surface area contributed by atoms with E-state index in [2.05, 4.69) is 5.32 Å². The van der Waals surface area contributed by atoms with Gasteiger partial charge in [-0.3, -0.25) is 14.5 Å². The van der Waals surface area contributed by atoms with Crippen LogP contribution in [-0.4, -0.2) is 59.4 Å². The maximum absolute atomic E-state index is 13.2. The second-order valence-electron chi connectivity index (χ2n) is 6.66. The van der Waals surface area contributed by atoms with Crippen LogP contribution in [0, 0.1) is 5.82 Å². The highest BCUT2D eigenvalue weighted by Gasteiger charge is 2.48. The van der Waals surface area contributed by atoms with Crippen molar-refractivity contribution in [3.05, 3.63) is 30.1 Å². The van der Waals surface area contributed by atoms with Crippen molar-refractivity contribution in [1.82, 2.24) is 9.80 Å². The summed E-state index contributed by atoms with van der Waals surface area (Å²) in [7, 11) is 0. The molecule has 1 aromatic carbocycles. The first-order valence-electron chi connectivity index (χ1n) is 8.28. The molecule has 0 aromatic heterocycles. The molecule has 2 amide bonds. The maximum atomic E-state index is 13.2. The van der Waals surface area contributed by atoms with E-state index in [0.29, 0.717) is 31.9 Å². The average molecular weight is 334 g/mol. The van der Waals surface area contributed by atoms with Crippen LogP contribution >= 0.6 is 0 Å². The van der Waals surface area contributed by atoms with E-state index in [1.165, 1.54) is 12.1 Å². The largest absolute Gasteiger partial charge is 0.339 e. The number of nitrogens with one attached hydrogen (secondary N) is 1. The van der Waals surface area contributed by atoms with E-state index in [-0.39, 0.29) is 23.7 Å².